The number of rotatable bonds is 2. The van der Waals surface area contributed by atoms with Gasteiger partial charge in [0.1, 0.15) is 0 Å². The summed E-state index contributed by atoms with van der Waals surface area (Å²) in [5.74, 6) is 0.617. The highest BCUT2D eigenvalue weighted by Crippen LogP contribution is 2.25. The van der Waals surface area contributed by atoms with Crippen LogP contribution in [-0.4, -0.2) is 29.8 Å². The van der Waals surface area contributed by atoms with E-state index < -0.39 is 0 Å². The molecule has 0 spiro atoms. The molecule has 2 rings (SSSR count). The van der Waals surface area contributed by atoms with Gasteiger partial charge in [0.15, 0.2) is 0 Å². The molecule has 1 atom stereocenters. The van der Waals surface area contributed by atoms with Crippen molar-refractivity contribution in [2.75, 3.05) is 18.6 Å². The van der Waals surface area contributed by atoms with E-state index in [9.17, 15) is 4.79 Å². The normalized spacial score (nSPS) is 20.8. The number of anilines is 1. The highest BCUT2D eigenvalue weighted by molar-refractivity contribution is 7.81. The summed E-state index contributed by atoms with van der Waals surface area (Å²) in [5, 5.41) is 0.122. The molecule has 0 radical (unpaired) electrons. The Labute approximate surface area is 93.7 Å². The van der Waals surface area contributed by atoms with Gasteiger partial charge in [0.25, 0.3) is 0 Å². The van der Waals surface area contributed by atoms with Gasteiger partial charge in [-0.25, -0.2) is 4.98 Å². The number of carbonyl (C=O) groups excluding carboxylic acids is 1. The lowest BCUT2D eigenvalue weighted by molar-refractivity contribution is -0.117. The topological polar surface area (TPSA) is 42.4 Å². The van der Waals surface area contributed by atoms with Crippen molar-refractivity contribution in [1.29, 1.82) is 0 Å². The van der Waals surface area contributed by atoms with Crippen molar-refractivity contribution in [1.82, 2.24) is 4.98 Å². The number of hydrogen-bond donors (Lipinski definition) is 1. The Balaban J connectivity index is 2.25. The third kappa shape index (κ3) is 2.07. The van der Waals surface area contributed by atoms with Crippen molar-refractivity contribution in [2.45, 2.75) is 11.7 Å². The number of ether oxygens (including phenoxy) is 1. The Hall–Kier alpha value is -1.23. The molecule has 0 saturated carbocycles. The number of methoxy groups -OCH3 is 1. The van der Waals surface area contributed by atoms with Crippen LogP contribution in [0, 0.1) is 0 Å². The van der Waals surface area contributed by atoms with Crippen molar-refractivity contribution in [2.24, 2.45) is 0 Å². The first kappa shape index (κ1) is 10.3. The van der Waals surface area contributed by atoms with Crippen LogP contribution < -0.4 is 9.64 Å². The zero-order chi connectivity index (χ0) is 10.8. The monoisotopic (exact) mass is 224 g/mol. The van der Waals surface area contributed by atoms with Gasteiger partial charge in [0.05, 0.1) is 12.8 Å². The van der Waals surface area contributed by atoms with Crippen LogP contribution in [0.25, 0.3) is 0 Å². The molecule has 1 amide bonds. The van der Waals surface area contributed by atoms with Gasteiger partial charge in [0.2, 0.25) is 11.8 Å². The highest BCUT2D eigenvalue weighted by Gasteiger charge is 2.28. The van der Waals surface area contributed by atoms with Crippen LogP contribution >= 0.6 is 12.6 Å². The fraction of sp³-hybridized carbons (Fsp3) is 0.400. The molecular weight excluding hydrogens is 212 g/mol. The summed E-state index contributed by atoms with van der Waals surface area (Å²) in [6.45, 7) is 0.648. The van der Waals surface area contributed by atoms with Crippen molar-refractivity contribution < 1.29 is 9.53 Å². The minimum absolute atomic E-state index is 0.100. The van der Waals surface area contributed by atoms with E-state index in [1.807, 2.05) is 0 Å². The number of aromatic nitrogens is 1. The molecule has 2 heterocycles. The lowest BCUT2D eigenvalue weighted by atomic mass is 10.3. The van der Waals surface area contributed by atoms with Gasteiger partial charge in [-0.1, -0.05) is 0 Å². The number of pyridine rings is 1. The van der Waals surface area contributed by atoms with Crippen LogP contribution in [0.5, 0.6) is 5.88 Å². The van der Waals surface area contributed by atoms with Crippen molar-refractivity contribution in [3.05, 3.63) is 18.3 Å². The van der Waals surface area contributed by atoms with E-state index in [-0.39, 0.29) is 11.2 Å². The second-order valence-electron chi connectivity index (χ2n) is 3.42. The predicted molar refractivity (Wildman–Crippen MR) is 60.5 cm³/mol. The number of nitrogens with zero attached hydrogens (tertiary/aromatic N) is 2. The van der Waals surface area contributed by atoms with Gasteiger partial charge >= 0.3 is 0 Å². The quantitative estimate of drug-likeness (QED) is 0.766. The molecule has 0 aromatic carbocycles. The lowest BCUT2D eigenvalue weighted by Gasteiger charge is -2.16. The van der Waals surface area contributed by atoms with Gasteiger partial charge in [-0.2, -0.15) is 12.6 Å². The second kappa shape index (κ2) is 4.10. The van der Waals surface area contributed by atoms with E-state index in [0.29, 0.717) is 18.8 Å². The molecule has 1 aliphatic heterocycles. The van der Waals surface area contributed by atoms with E-state index in [1.165, 1.54) is 0 Å². The molecule has 1 aliphatic rings. The summed E-state index contributed by atoms with van der Waals surface area (Å²) in [5.41, 5.74) is 0.823. The van der Waals surface area contributed by atoms with Crippen LogP contribution in [0.1, 0.15) is 6.42 Å². The molecule has 1 unspecified atom stereocenters. The molecule has 0 aliphatic carbocycles. The van der Waals surface area contributed by atoms with Gasteiger partial charge in [0, 0.05) is 30.5 Å². The summed E-state index contributed by atoms with van der Waals surface area (Å²) < 4.78 is 5.01. The summed E-state index contributed by atoms with van der Waals surface area (Å²) in [7, 11) is 1.55. The van der Waals surface area contributed by atoms with Crippen molar-refractivity contribution in [3.63, 3.8) is 0 Å². The van der Waals surface area contributed by atoms with Crippen molar-refractivity contribution in [3.8, 4) is 5.88 Å². The zero-order valence-electron chi connectivity index (χ0n) is 8.38. The minimum Gasteiger partial charge on any atom is -0.481 e. The largest absolute Gasteiger partial charge is 0.481 e. The van der Waals surface area contributed by atoms with Crippen LogP contribution in [-0.2, 0) is 4.79 Å². The van der Waals surface area contributed by atoms with E-state index in [1.54, 1.807) is 30.3 Å². The number of carbonyl (C=O) groups is 1. The number of hydrogen-bond acceptors (Lipinski definition) is 4. The summed E-state index contributed by atoms with van der Waals surface area (Å²) in [6, 6.07) is 3.55. The Morgan fingerprint density at radius 1 is 1.67 bits per heavy atom. The van der Waals surface area contributed by atoms with Gasteiger partial charge in [-0.3, -0.25) is 4.79 Å². The molecule has 80 valence electrons. The van der Waals surface area contributed by atoms with Crippen LogP contribution in [0.15, 0.2) is 18.3 Å². The van der Waals surface area contributed by atoms with Gasteiger partial charge in [-0.15, -0.1) is 0 Å². The highest BCUT2D eigenvalue weighted by atomic mass is 32.1. The standard InChI is InChI=1S/C10H12N2O2S/c1-14-9-4-7(2-3-11-9)12-6-8(15)5-10(12)13/h2-4,8,15H,5-6H2,1H3. The first-order valence-corrected chi connectivity index (χ1v) is 5.21. The van der Waals surface area contributed by atoms with Crippen LogP contribution in [0.2, 0.25) is 0 Å². The van der Waals surface area contributed by atoms with E-state index in [0.717, 1.165) is 5.69 Å². The molecule has 15 heavy (non-hydrogen) atoms. The molecule has 4 nitrogen and oxygen atoms in total. The van der Waals surface area contributed by atoms with Gasteiger partial charge < -0.3 is 9.64 Å². The predicted octanol–water partition coefficient (Wildman–Crippen LogP) is 1.13. The third-order valence-electron chi connectivity index (χ3n) is 2.34. The Kier molecular flexibility index (Phi) is 2.81. The first-order valence-electron chi connectivity index (χ1n) is 4.69. The summed E-state index contributed by atoms with van der Waals surface area (Å²) >= 11 is 4.30. The molecule has 1 saturated heterocycles. The molecule has 0 N–H and O–H groups in total. The Morgan fingerprint density at radius 3 is 3.07 bits per heavy atom. The fourth-order valence-corrected chi connectivity index (χ4v) is 1.94. The minimum atomic E-state index is 0.100. The van der Waals surface area contributed by atoms with Crippen LogP contribution in [0.4, 0.5) is 5.69 Å². The molecule has 5 heteroatoms. The number of amides is 1. The third-order valence-corrected chi connectivity index (χ3v) is 2.69. The van der Waals surface area contributed by atoms with E-state index in [4.69, 9.17) is 4.74 Å². The molecule has 1 fully saturated rings. The molecule has 0 bridgehead atoms. The van der Waals surface area contributed by atoms with Crippen molar-refractivity contribution >= 4 is 24.2 Å². The first-order chi connectivity index (χ1) is 7.20. The number of thiol groups is 1. The molecular formula is C10H12N2O2S. The lowest BCUT2D eigenvalue weighted by Crippen LogP contribution is -2.24. The SMILES string of the molecule is COc1cc(N2CC(S)CC2=O)ccn1. The fourth-order valence-electron chi connectivity index (χ4n) is 1.62. The van der Waals surface area contributed by atoms with Gasteiger partial charge in [-0.05, 0) is 6.07 Å². The average Bonchev–Trinajstić information content (AvgIpc) is 2.58. The summed E-state index contributed by atoms with van der Waals surface area (Å²) in [6.07, 6.45) is 2.13. The maximum absolute atomic E-state index is 11.6. The van der Waals surface area contributed by atoms with E-state index in [2.05, 4.69) is 17.6 Å². The average molecular weight is 224 g/mol. The Bertz CT molecular complexity index is 383. The van der Waals surface area contributed by atoms with Crippen LogP contribution in [0.3, 0.4) is 0 Å². The smallest absolute Gasteiger partial charge is 0.228 e. The zero-order valence-corrected chi connectivity index (χ0v) is 9.28. The molecule has 1 aromatic heterocycles. The second-order valence-corrected chi connectivity index (χ2v) is 4.15. The maximum Gasteiger partial charge on any atom is 0.228 e. The Morgan fingerprint density at radius 2 is 2.47 bits per heavy atom. The molecule has 1 aromatic rings. The summed E-state index contributed by atoms with van der Waals surface area (Å²) in [4.78, 5) is 17.3. The maximum atomic E-state index is 11.6. The van der Waals surface area contributed by atoms with E-state index >= 15 is 0 Å².